The first-order chi connectivity index (χ1) is 27.6. The van der Waals surface area contributed by atoms with Crippen LogP contribution in [0.2, 0.25) is 5.02 Å². The van der Waals surface area contributed by atoms with Crippen molar-refractivity contribution in [2.45, 2.75) is 40.2 Å². The van der Waals surface area contributed by atoms with E-state index in [1.54, 1.807) is 48.9 Å². The van der Waals surface area contributed by atoms with Gasteiger partial charge in [-0.15, -0.1) is 0 Å². The highest BCUT2D eigenvalue weighted by Gasteiger charge is 2.18. The highest BCUT2D eigenvalue weighted by atomic mass is 35.5. The van der Waals surface area contributed by atoms with E-state index in [0.717, 1.165) is 49.4 Å². The Balaban J connectivity index is 1.24. The van der Waals surface area contributed by atoms with Gasteiger partial charge < -0.3 is 35.0 Å². The molecule has 0 aliphatic heterocycles. The van der Waals surface area contributed by atoms with Gasteiger partial charge in [0.25, 0.3) is 5.56 Å². The van der Waals surface area contributed by atoms with E-state index >= 15 is 0 Å². The van der Waals surface area contributed by atoms with Crippen LogP contribution in [-0.4, -0.2) is 67.0 Å². The number of aliphatic hydroxyl groups is 2. The van der Waals surface area contributed by atoms with Gasteiger partial charge in [0.2, 0.25) is 0 Å². The van der Waals surface area contributed by atoms with Crippen LogP contribution in [0.1, 0.15) is 38.9 Å². The maximum absolute atomic E-state index is 13.8. The van der Waals surface area contributed by atoms with Gasteiger partial charge in [0.1, 0.15) is 36.4 Å². The summed E-state index contributed by atoms with van der Waals surface area (Å²) in [5.74, 6) is 0.952. The number of hydrogen-bond donors (Lipinski definition) is 4. The smallest absolute Gasteiger partial charge is 0.407 e. The van der Waals surface area contributed by atoms with Gasteiger partial charge in [-0.2, -0.15) is 5.26 Å². The molecule has 0 aliphatic rings. The topological polar surface area (TPSA) is 183 Å². The molecule has 6 aromatic rings. The number of fused-ring (bicyclic) bond motifs is 1. The molecule has 0 radical (unpaired) electrons. The molecule has 3 aromatic heterocycles. The summed E-state index contributed by atoms with van der Waals surface area (Å²) < 4.78 is 13.9. The molecule has 1 amide bonds. The third-order valence-electron chi connectivity index (χ3n) is 9.57. The molecule has 0 spiro atoms. The van der Waals surface area contributed by atoms with Gasteiger partial charge >= 0.3 is 6.09 Å². The Morgan fingerprint density at radius 2 is 1.61 bits per heavy atom. The van der Waals surface area contributed by atoms with Crippen LogP contribution in [-0.2, 0) is 26.3 Å². The van der Waals surface area contributed by atoms with Crippen molar-refractivity contribution in [1.29, 1.82) is 5.26 Å². The van der Waals surface area contributed by atoms with Crippen molar-refractivity contribution in [1.82, 2.24) is 24.6 Å². The predicted octanol–water partition coefficient (Wildman–Crippen LogP) is 6.28. The van der Waals surface area contributed by atoms with E-state index in [1.165, 1.54) is 10.6 Å². The summed E-state index contributed by atoms with van der Waals surface area (Å²) in [6.07, 6.45) is 5.11. The van der Waals surface area contributed by atoms with E-state index in [4.69, 9.17) is 21.1 Å². The number of nitrogens with zero attached hydrogens (tertiary/aromatic N) is 5. The number of nitriles is 1. The molecule has 13 nitrogen and oxygen atoms in total. The van der Waals surface area contributed by atoms with Gasteiger partial charge in [-0.3, -0.25) is 14.2 Å². The molecule has 57 heavy (non-hydrogen) atoms. The van der Waals surface area contributed by atoms with Crippen molar-refractivity contribution >= 4 is 23.3 Å². The second-order valence-electron chi connectivity index (χ2n) is 13.3. The van der Waals surface area contributed by atoms with Crippen molar-refractivity contribution in [3.8, 4) is 39.8 Å². The molecule has 4 N–H and O–H groups in total. The standard InChI is InChI=1S/C43H41ClN6O7/c1-27-32(26-57-40-18-39(33(17-38(40)44)22-46-10-13-51)56-25-31-15-30(19-45)20-47-21-31)5-3-6-34(27)35-7-4-8-36(28(35)2)37-23-48-41-16-29(9-11-50(41)42(37)53)24-49(12-14-52)43(54)55/h3-9,11,15-18,20-21,23,46,51-52H,10,12-14,22,24-26H2,1-2H3,(H,54,55). The zero-order valence-corrected chi connectivity index (χ0v) is 32.2. The molecule has 0 aliphatic carbocycles. The lowest BCUT2D eigenvalue weighted by Crippen LogP contribution is -2.31. The number of aliphatic hydroxyl groups excluding tert-OH is 2. The molecule has 3 aromatic carbocycles. The number of hydrogen-bond acceptors (Lipinski definition) is 10. The molecule has 0 atom stereocenters. The van der Waals surface area contributed by atoms with Crippen LogP contribution >= 0.6 is 11.6 Å². The second kappa shape index (κ2) is 18.6. The van der Waals surface area contributed by atoms with E-state index in [9.17, 15) is 30.2 Å². The van der Waals surface area contributed by atoms with Gasteiger partial charge in [0.15, 0.2) is 0 Å². The number of carboxylic acid groups (broad SMARTS) is 1. The quantitative estimate of drug-likeness (QED) is 0.0811. The number of rotatable bonds is 16. The Morgan fingerprint density at radius 1 is 0.877 bits per heavy atom. The Bertz CT molecular complexity index is 2520. The summed E-state index contributed by atoms with van der Waals surface area (Å²) in [6.45, 7) is 4.84. The molecule has 0 saturated carbocycles. The van der Waals surface area contributed by atoms with Crippen molar-refractivity contribution in [2.24, 2.45) is 0 Å². The van der Waals surface area contributed by atoms with E-state index in [-0.39, 0.29) is 45.1 Å². The molecule has 0 fully saturated rings. The van der Waals surface area contributed by atoms with Gasteiger partial charge in [-0.05, 0) is 77.1 Å². The van der Waals surface area contributed by atoms with E-state index < -0.39 is 6.09 Å². The fraction of sp³-hybridized carbons (Fsp3) is 0.233. The number of ether oxygens (including phenoxy) is 2. The summed E-state index contributed by atoms with van der Waals surface area (Å²) in [7, 11) is 0. The van der Waals surface area contributed by atoms with Crippen LogP contribution in [0.25, 0.3) is 27.9 Å². The monoisotopic (exact) mass is 788 g/mol. The van der Waals surface area contributed by atoms with Crippen LogP contribution in [0.15, 0.2) is 96.3 Å². The minimum Gasteiger partial charge on any atom is -0.488 e. The fourth-order valence-electron chi connectivity index (χ4n) is 6.54. The SMILES string of the molecule is Cc1c(COc2cc(OCc3cncc(C#N)c3)c(CNCCO)cc2Cl)cccc1-c1cccc(-c2cnc3cc(CN(CCO)C(=O)O)ccn3c2=O)c1C. The first-order valence-electron chi connectivity index (χ1n) is 18.1. The lowest BCUT2D eigenvalue weighted by Gasteiger charge is -2.18. The van der Waals surface area contributed by atoms with E-state index in [2.05, 4.69) is 21.4 Å². The second-order valence-corrected chi connectivity index (χ2v) is 13.7. The van der Waals surface area contributed by atoms with Crippen LogP contribution in [0, 0.1) is 25.2 Å². The lowest BCUT2D eigenvalue weighted by atomic mass is 9.90. The highest BCUT2D eigenvalue weighted by molar-refractivity contribution is 6.32. The van der Waals surface area contributed by atoms with Crippen molar-refractivity contribution < 1.29 is 29.6 Å². The molecule has 292 valence electrons. The first-order valence-corrected chi connectivity index (χ1v) is 18.5. The van der Waals surface area contributed by atoms with Crippen molar-refractivity contribution in [3.63, 3.8) is 0 Å². The zero-order valence-electron chi connectivity index (χ0n) is 31.4. The molecule has 0 saturated heterocycles. The molecule has 6 rings (SSSR count). The zero-order chi connectivity index (χ0) is 40.5. The van der Waals surface area contributed by atoms with Gasteiger partial charge in [-0.1, -0.05) is 48.0 Å². The van der Waals surface area contributed by atoms with Crippen LogP contribution in [0.5, 0.6) is 11.5 Å². The molecule has 0 unspecified atom stereocenters. The van der Waals surface area contributed by atoms with E-state index in [1.807, 2.05) is 50.2 Å². The number of halogens is 1. The predicted molar refractivity (Wildman–Crippen MR) is 215 cm³/mol. The lowest BCUT2D eigenvalue weighted by molar-refractivity contribution is 0.129. The fourth-order valence-corrected chi connectivity index (χ4v) is 6.78. The first kappa shape index (κ1) is 40.4. The Labute approximate surface area is 334 Å². The Hall–Kier alpha value is -6.30. The van der Waals surface area contributed by atoms with Crippen molar-refractivity contribution in [2.75, 3.05) is 26.3 Å². The summed E-state index contributed by atoms with van der Waals surface area (Å²) >= 11 is 6.73. The van der Waals surface area contributed by atoms with Crippen molar-refractivity contribution in [3.05, 3.63) is 146 Å². The number of pyridine rings is 2. The number of aromatic nitrogens is 3. The largest absolute Gasteiger partial charge is 0.488 e. The Morgan fingerprint density at radius 3 is 2.35 bits per heavy atom. The minimum absolute atomic E-state index is 0.0220. The number of benzene rings is 3. The Kier molecular flexibility index (Phi) is 13.1. The highest BCUT2D eigenvalue weighted by Crippen LogP contribution is 2.36. The van der Waals surface area contributed by atoms with Gasteiger partial charge in [-0.25, -0.2) is 9.78 Å². The molecule has 0 bridgehead atoms. The number of nitrogens with one attached hydrogen (secondary N) is 1. The molecule has 3 heterocycles. The van der Waals surface area contributed by atoms with Gasteiger partial charge in [0.05, 0.1) is 29.4 Å². The maximum atomic E-state index is 13.8. The van der Waals surface area contributed by atoms with Crippen LogP contribution in [0.4, 0.5) is 4.79 Å². The van der Waals surface area contributed by atoms with Crippen LogP contribution in [0.3, 0.4) is 0 Å². The van der Waals surface area contributed by atoms with Gasteiger partial charge in [0, 0.05) is 68.2 Å². The van der Waals surface area contributed by atoms with E-state index in [0.29, 0.717) is 51.9 Å². The number of carbonyl (C=O) groups is 1. The maximum Gasteiger partial charge on any atom is 0.407 e. The summed E-state index contributed by atoms with van der Waals surface area (Å²) in [5, 5.41) is 40.8. The number of amides is 1. The average molecular weight is 789 g/mol. The average Bonchev–Trinajstić information content (AvgIpc) is 3.21. The summed E-state index contributed by atoms with van der Waals surface area (Å²) in [4.78, 5) is 35.1. The summed E-state index contributed by atoms with van der Waals surface area (Å²) in [6, 6.07) is 22.4. The normalized spacial score (nSPS) is 11.0. The molecule has 14 heteroatoms. The minimum atomic E-state index is -1.15. The van der Waals surface area contributed by atoms with Crippen LogP contribution < -0.4 is 20.3 Å². The third-order valence-corrected chi connectivity index (χ3v) is 9.86. The third kappa shape index (κ3) is 9.40. The summed E-state index contributed by atoms with van der Waals surface area (Å²) in [5.41, 5.74) is 8.53. The molecular formula is C43H41ClN6O7. The molecular weight excluding hydrogens is 748 g/mol.